The smallest absolute Gasteiger partial charge is 0.0984 e. The molecule has 2 N–H and O–H groups in total. The van der Waals surface area contributed by atoms with E-state index in [2.05, 4.69) is 5.32 Å². The summed E-state index contributed by atoms with van der Waals surface area (Å²) in [7, 11) is 0. The van der Waals surface area contributed by atoms with Gasteiger partial charge in [-0.25, -0.2) is 0 Å². The normalized spacial score (nSPS) is 24.8. The summed E-state index contributed by atoms with van der Waals surface area (Å²) < 4.78 is 0. The molecule has 0 aromatic carbocycles. The summed E-state index contributed by atoms with van der Waals surface area (Å²) in [5.41, 5.74) is -0.376. The monoisotopic (exact) mass is 133 g/mol. The van der Waals surface area contributed by atoms with Crippen LogP contribution >= 0.6 is 11.8 Å². The summed E-state index contributed by atoms with van der Waals surface area (Å²) in [6.07, 6.45) is 2.01. The molecule has 1 aliphatic rings. The molecule has 1 fully saturated rings. The zero-order chi connectivity index (χ0) is 6.04. The van der Waals surface area contributed by atoms with Crippen LogP contribution in [-0.2, 0) is 0 Å². The van der Waals surface area contributed by atoms with E-state index in [1.807, 2.05) is 6.26 Å². The van der Waals surface area contributed by atoms with Gasteiger partial charge in [-0.3, -0.25) is 0 Å². The van der Waals surface area contributed by atoms with E-state index in [9.17, 15) is 5.11 Å². The Morgan fingerprint density at radius 3 is 2.50 bits per heavy atom. The zero-order valence-electron chi connectivity index (χ0n) is 4.98. The molecule has 0 amide bonds. The largest absolute Gasteiger partial charge is 0.386 e. The van der Waals surface area contributed by atoms with E-state index >= 15 is 0 Å². The van der Waals surface area contributed by atoms with Crippen LogP contribution in [0.3, 0.4) is 0 Å². The highest BCUT2D eigenvalue weighted by atomic mass is 32.2. The highest BCUT2D eigenvalue weighted by molar-refractivity contribution is 7.98. The summed E-state index contributed by atoms with van der Waals surface area (Å²) in [4.78, 5) is 0. The van der Waals surface area contributed by atoms with Gasteiger partial charge in [0.05, 0.1) is 5.60 Å². The average Bonchev–Trinajstić information content (AvgIpc) is 1.64. The molecule has 0 unspecified atom stereocenters. The fraction of sp³-hybridized carbons (Fsp3) is 1.00. The van der Waals surface area contributed by atoms with E-state index in [1.165, 1.54) is 0 Å². The van der Waals surface area contributed by atoms with Crippen molar-refractivity contribution in [2.24, 2.45) is 0 Å². The molecule has 0 radical (unpaired) electrons. The zero-order valence-corrected chi connectivity index (χ0v) is 5.79. The number of rotatable bonds is 2. The van der Waals surface area contributed by atoms with E-state index in [-0.39, 0.29) is 5.60 Å². The molecule has 0 bridgehead atoms. The average molecular weight is 133 g/mol. The second-order valence-electron chi connectivity index (χ2n) is 2.26. The first-order valence-corrected chi connectivity index (χ1v) is 4.08. The van der Waals surface area contributed by atoms with Gasteiger partial charge in [-0.05, 0) is 6.26 Å². The molecule has 2 nitrogen and oxygen atoms in total. The van der Waals surface area contributed by atoms with Crippen LogP contribution in [0.2, 0.25) is 0 Å². The molecular weight excluding hydrogens is 122 g/mol. The van der Waals surface area contributed by atoms with Crippen LogP contribution in [0.15, 0.2) is 0 Å². The maximum Gasteiger partial charge on any atom is 0.0984 e. The molecule has 1 saturated heterocycles. The third kappa shape index (κ3) is 1.16. The molecular formula is C5H11NOS. The van der Waals surface area contributed by atoms with Crippen LogP contribution < -0.4 is 5.32 Å². The Labute approximate surface area is 53.7 Å². The SMILES string of the molecule is CSCC1(O)CNC1. The first kappa shape index (κ1) is 6.39. The Morgan fingerprint density at radius 2 is 2.38 bits per heavy atom. The Kier molecular flexibility index (Phi) is 1.80. The van der Waals surface area contributed by atoms with Gasteiger partial charge in [0.25, 0.3) is 0 Å². The van der Waals surface area contributed by atoms with Crippen molar-refractivity contribution in [1.29, 1.82) is 0 Å². The van der Waals surface area contributed by atoms with Crippen molar-refractivity contribution in [3.05, 3.63) is 0 Å². The van der Waals surface area contributed by atoms with Crippen molar-refractivity contribution >= 4 is 11.8 Å². The Morgan fingerprint density at radius 1 is 1.75 bits per heavy atom. The lowest BCUT2D eigenvalue weighted by atomic mass is 10.0. The fourth-order valence-electron chi connectivity index (χ4n) is 0.784. The minimum absolute atomic E-state index is 0.376. The molecule has 0 spiro atoms. The predicted octanol–water partition coefficient (Wildman–Crippen LogP) is -0.316. The molecule has 0 aromatic heterocycles. The molecule has 1 aliphatic heterocycles. The Balaban J connectivity index is 2.20. The lowest BCUT2D eigenvalue weighted by Crippen LogP contribution is -2.61. The molecule has 0 aliphatic carbocycles. The first-order chi connectivity index (χ1) is 3.77. The fourth-order valence-corrected chi connectivity index (χ4v) is 1.53. The molecule has 0 aromatic rings. The minimum Gasteiger partial charge on any atom is -0.386 e. The van der Waals surface area contributed by atoms with Crippen molar-refractivity contribution in [1.82, 2.24) is 5.32 Å². The van der Waals surface area contributed by atoms with Gasteiger partial charge in [0, 0.05) is 18.8 Å². The van der Waals surface area contributed by atoms with E-state index in [0.717, 1.165) is 18.8 Å². The second-order valence-corrected chi connectivity index (χ2v) is 3.13. The highest BCUT2D eigenvalue weighted by Crippen LogP contribution is 2.14. The number of aliphatic hydroxyl groups is 1. The van der Waals surface area contributed by atoms with Crippen molar-refractivity contribution in [2.45, 2.75) is 5.60 Å². The van der Waals surface area contributed by atoms with Gasteiger partial charge in [0.1, 0.15) is 0 Å². The van der Waals surface area contributed by atoms with Crippen molar-refractivity contribution in [3.8, 4) is 0 Å². The van der Waals surface area contributed by atoms with E-state index in [1.54, 1.807) is 11.8 Å². The lowest BCUT2D eigenvalue weighted by Gasteiger charge is -2.36. The first-order valence-electron chi connectivity index (χ1n) is 2.69. The highest BCUT2D eigenvalue weighted by Gasteiger charge is 2.33. The molecule has 1 rings (SSSR count). The van der Waals surface area contributed by atoms with Crippen LogP contribution in [0.25, 0.3) is 0 Å². The van der Waals surface area contributed by atoms with E-state index in [0.29, 0.717) is 0 Å². The molecule has 48 valence electrons. The van der Waals surface area contributed by atoms with Gasteiger partial charge in [-0.2, -0.15) is 11.8 Å². The van der Waals surface area contributed by atoms with Crippen molar-refractivity contribution < 1.29 is 5.11 Å². The van der Waals surface area contributed by atoms with Crippen LogP contribution in [0.1, 0.15) is 0 Å². The number of nitrogens with one attached hydrogen (secondary N) is 1. The molecule has 8 heavy (non-hydrogen) atoms. The van der Waals surface area contributed by atoms with Gasteiger partial charge >= 0.3 is 0 Å². The van der Waals surface area contributed by atoms with E-state index in [4.69, 9.17) is 0 Å². The number of hydrogen-bond acceptors (Lipinski definition) is 3. The quantitative estimate of drug-likeness (QED) is 0.541. The second kappa shape index (κ2) is 2.25. The van der Waals surface area contributed by atoms with Crippen LogP contribution in [0.4, 0.5) is 0 Å². The van der Waals surface area contributed by atoms with Gasteiger partial charge in [-0.15, -0.1) is 0 Å². The molecule has 1 heterocycles. The Bertz CT molecular complexity index is 82.5. The Hall–Kier alpha value is 0.270. The maximum absolute atomic E-state index is 9.33. The standard InChI is InChI=1S/C5H11NOS/c1-8-4-5(7)2-6-3-5/h6-7H,2-4H2,1H3. The third-order valence-electron chi connectivity index (χ3n) is 1.32. The van der Waals surface area contributed by atoms with Gasteiger partial charge in [-0.1, -0.05) is 0 Å². The topological polar surface area (TPSA) is 32.3 Å². The predicted molar refractivity (Wildman–Crippen MR) is 36.2 cm³/mol. The van der Waals surface area contributed by atoms with Crippen LogP contribution in [-0.4, -0.2) is 35.8 Å². The molecule has 0 saturated carbocycles. The molecule has 0 atom stereocenters. The van der Waals surface area contributed by atoms with Crippen molar-refractivity contribution in [3.63, 3.8) is 0 Å². The molecule has 3 heteroatoms. The summed E-state index contributed by atoms with van der Waals surface area (Å²) >= 11 is 1.69. The number of hydrogen-bond donors (Lipinski definition) is 2. The summed E-state index contributed by atoms with van der Waals surface area (Å²) in [5.74, 6) is 0.861. The van der Waals surface area contributed by atoms with Gasteiger partial charge in [0.15, 0.2) is 0 Å². The summed E-state index contributed by atoms with van der Waals surface area (Å²) in [6.45, 7) is 1.54. The third-order valence-corrected chi connectivity index (χ3v) is 2.15. The van der Waals surface area contributed by atoms with Gasteiger partial charge in [0.2, 0.25) is 0 Å². The minimum atomic E-state index is -0.376. The van der Waals surface area contributed by atoms with Gasteiger partial charge < -0.3 is 10.4 Å². The lowest BCUT2D eigenvalue weighted by molar-refractivity contribution is 0.0136. The maximum atomic E-state index is 9.33. The van der Waals surface area contributed by atoms with Crippen LogP contribution in [0.5, 0.6) is 0 Å². The van der Waals surface area contributed by atoms with Crippen LogP contribution in [0, 0.1) is 0 Å². The number of β-amino-alcohol motifs (C(OH)–C–C–N with tert-alkyl or cyclic N) is 1. The van der Waals surface area contributed by atoms with E-state index < -0.39 is 0 Å². The number of thioether (sulfide) groups is 1. The summed E-state index contributed by atoms with van der Waals surface area (Å²) in [5, 5.41) is 12.3. The van der Waals surface area contributed by atoms with Crippen molar-refractivity contribution in [2.75, 3.05) is 25.1 Å². The summed E-state index contributed by atoms with van der Waals surface area (Å²) in [6, 6.07) is 0.